The Hall–Kier alpha value is -2.53. The van der Waals surface area contributed by atoms with E-state index in [1.165, 1.54) is 0 Å². The summed E-state index contributed by atoms with van der Waals surface area (Å²) in [5, 5.41) is 3.46. The van der Waals surface area contributed by atoms with Crippen molar-refractivity contribution in [3.05, 3.63) is 64.7 Å². The smallest absolute Gasteiger partial charge is 0.261 e. The lowest BCUT2D eigenvalue weighted by Crippen LogP contribution is -2.49. The summed E-state index contributed by atoms with van der Waals surface area (Å²) in [5.74, 6) is 0.129. The minimum absolute atomic E-state index is 0.154. The number of ether oxygens (including phenoxy) is 1. The van der Waals surface area contributed by atoms with Crippen LogP contribution in [0, 0.1) is 6.92 Å². The molecule has 0 aromatic heterocycles. The van der Waals surface area contributed by atoms with Gasteiger partial charge in [-0.2, -0.15) is 0 Å². The van der Waals surface area contributed by atoms with Gasteiger partial charge in [-0.1, -0.05) is 42.8 Å². The van der Waals surface area contributed by atoms with Crippen molar-refractivity contribution in [2.75, 3.05) is 13.2 Å². The number of nitrogens with one attached hydrogen (secondary N) is 1. The third kappa shape index (κ3) is 6.27. The first-order valence-electron chi connectivity index (χ1n) is 9.42. The van der Waals surface area contributed by atoms with Crippen molar-refractivity contribution >= 4 is 23.4 Å². The molecule has 6 heteroatoms. The first kappa shape index (κ1) is 21.8. The number of amides is 2. The molecule has 0 saturated heterocycles. The summed E-state index contributed by atoms with van der Waals surface area (Å²) in [5.41, 5.74) is 2.07. The van der Waals surface area contributed by atoms with Gasteiger partial charge >= 0.3 is 0 Å². The zero-order valence-corrected chi connectivity index (χ0v) is 17.3. The fraction of sp³-hybridized carbons (Fsp3) is 0.364. The minimum atomic E-state index is -0.604. The number of nitrogens with zero attached hydrogens (tertiary/aromatic N) is 1. The van der Waals surface area contributed by atoms with Crippen LogP contribution in [-0.2, 0) is 16.1 Å². The Balaban J connectivity index is 2.13. The number of aryl methyl sites for hydroxylation is 1. The normalized spacial score (nSPS) is 11.6. The molecule has 0 radical (unpaired) electrons. The Bertz CT molecular complexity index is 793. The van der Waals surface area contributed by atoms with Gasteiger partial charge < -0.3 is 15.0 Å². The van der Waals surface area contributed by atoms with Gasteiger partial charge in [0.15, 0.2) is 6.61 Å². The van der Waals surface area contributed by atoms with E-state index in [-0.39, 0.29) is 18.4 Å². The maximum atomic E-state index is 12.9. The third-order valence-electron chi connectivity index (χ3n) is 4.49. The number of benzene rings is 2. The Morgan fingerprint density at radius 2 is 1.82 bits per heavy atom. The Kier molecular flexibility index (Phi) is 8.33. The van der Waals surface area contributed by atoms with Crippen molar-refractivity contribution in [1.29, 1.82) is 0 Å². The molecule has 0 fully saturated rings. The fourth-order valence-corrected chi connectivity index (χ4v) is 2.83. The summed E-state index contributed by atoms with van der Waals surface area (Å²) < 4.78 is 5.60. The van der Waals surface area contributed by atoms with E-state index >= 15 is 0 Å². The highest BCUT2D eigenvalue weighted by Crippen LogP contribution is 2.17. The average molecular weight is 403 g/mol. The van der Waals surface area contributed by atoms with Gasteiger partial charge in [0.25, 0.3) is 5.91 Å². The molecule has 0 unspecified atom stereocenters. The zero-order valence-electron chi connectivity index (χ0n) is 16.6. The van der Waals surface area contributed by atoms with Gasteiger partial charge in [-0.05, 0) is 55.7 Å². The van der Waals surface area contributed by atoms with E-state index in [4.69, 9.17) is 16.3 Å². The maximum Gasteiger partial charge on any atom is 0.261 e. The highest BCUT2D eigenvalue weighted by atomic mass is 35.5. The number of hydrogen-bond acceptors (Lipinski definition) is 3. The first-order valence-corrected chi connectivity index (χ1v) is 9.80. The van der Waals surface area contributed by atoms with Crippen molar-refractivity contribution in [2.45, 2.75) is 39.8 Å². The molecule has 0 saturated carbocycles. The SMILES string of the molecule is CCCNC(=O)[C@H](C)N(Cc1ccccc1C)C(=O)COc1ccc(Cl)cc1. The van der Waals surface area contributed by atoms with Crippen molar-refractivity contribution < 1.29 is 14.3 Å². The van der Waals surface area contributed by atoms with Gasteiger partial charge in [0.1, 0.15) is 11.8 Å². The topological polar surface area (TPSA) is 58.6 Å². The van der Waals surface area contributed by atoms with Gasteiger partial charge in [0.05, 0.1) is 0 Å². The summed E-state index contributed by atoms with van der Waals surface area (Å²) in [6.07, 6.45) is 0.837. The molecule has 1 N–H and O–H groups in total. The molecule has 5 nitrogen and oxygen atoms in total. The van der Waals surface area contributed by atoms with Crippen LogP contribution in [0.3, 0.4) is 0 Å². The molecule has 28 heavy (non-hydrogen) atoms. The van der Waals surface area contributed by atoms with Gasteiger partial charge in [-0.25, -0.2) is 0 Å². The van der Waals surface area contributed by atoms with Crippen molar-refractivity contribution in [3.8, 4) is 5.75 Å². The Morgan fingerprint density at radius 1 is 1.14 bits per heavy atom. The van der Waals surface area contributed by atoms with Gasteiger partial charge in [0.2, 0.25) is 5.91 Å². The molecule has 0 heterocycles. The predicted octanol–water partition coefficient (Wildman–Crippen LogP) is 3.97. The average Bonchev–Trinajstić information content (AvgIpc) is 2.70. The zero-order chi connectivity index (χ0) is 20.5. The Morgan fingerprint density at radius 3 is 2.46 bits per heavy atom. The van der Waals surface area contributed by atoms with Crippen LogP contribution in [0.5, 0.6) is 5.75 Å². The minimum Gasteiger partial charge on any atom is -0.484 e. The van der Waals surface area contributed by atoms with E-state index in [0.717, 1.165) is 17.5 Å². The molecule has 2 aromatic carbocycles. The van der Waals surface area contributed by atoms with Crippen LogP contribution < -0.4 is 10.1 Å². The van der Waals surface area contributed by atoms with E-state index in [1.807, 2.05) is 38.1 Å². The van der Waals surface area contributed by atoms with Crippen molar-refractivity contribution in [2.24, 2.45) is 0 Å². The van der Waals surface area contributed by atoms with Gasteiger partial charge in [-0.15, -0.1) is 0 Å². The lowest BCUT2D eigenvalue weighted by atomic mass is 10.1. The number of hydrogen-bond donors (Lipinski definition) is 1. The van der Waals surface area contributed by atoms with E-state index in [2.05, 4.69) is 5.32 Å². The molecule has 2 rings (SSSR count). The largest absolute Gasteiger partial charge is 0.484 e. The number of carbonyl (C=O) groups is 2. The highest BCUT2D eigenvalue weighted by molar-refractivity contribution is 6.30. The standard InChI is InChI=1S/C22H27ClN2O3/c1-4-13-24-22(27)17(3)25(14-18-8-6-5-7-16(18)2)21(26)15-28-20-11-9-19(23)10-12-20/h5-12,17H,4,13-15H2,1-3H3,(H,24,27)/t17-/m0/s1. The first-order chi connectivity index (χ1) is 13.4. The molecule has 0 aliphatic carbocycles. The molecule has 0 aliphatic rings. The van der Waals surface area contributed by atoms with Crippen LogP contribution in [0.2, 0.25) is 5.02 Å². The predicted molar refractivity (Wildman–Crippen MR) is 111 cm³/mol. The second-order valence-electron chi connectivity index (χ2n) is 6.66. The van der Waals surface area contributed by atoms with Gasteiger partial charge in [-0.3, -0.25) is 9.59 Å². The van der Waals surface area contributed by atoms with Crippen molar-refractivity contribution in [1.82, 2.24) is 10.2 Å². The highest BCUT2D eigenvalue weighted by Gasteiger charge is 2.26. The lowest BCUT2D eigenvalue weighted by molar-refractivity contribution is -0.142. The number of halogens is 1. The van der Waals surface area contributed by atoms with Gasteiger partial charge in [0, 0.05) is 18.1 Å². The van der Waals surface area contributed by atoms with Crippen LogP contribution in [0.15, 0.2) is 48.5 Å². The second-order valence-corrected chi connectivity index (χ2v) is 7.09. The summed E-state index contributed by atoms with van der Waals surface area (Å²) in [6, 6.07) is 14.0. The molecular weight excluding hydrogens is 376 g/mol. The summed E-state index contributed by atoms with van der Waals surface area (Å²) >= 11 is 5.87. The molecule has 1 atom stereocenters. The molecule has 2 aromatic rings. The molecule has 150 valence electrons. The monoisotopic (exact) mass is 402 g/mol. The lowest BCUT2D eigenvalue weighted by Gasteiger charge is -2.29. The number of rotatable bonds is 9. The molecule has 0 spiro atoms. The summed E-state index contributed by atoms with van der Waals surface area (Å²) in [7, 11) is 0. The second kappa shape index (κ2) is 10.7. The van der Waals surface area contributed by atoms with Crippen LogP contribution in [-0.4, -0.2) is 35.9 Å². The molecule has 2 amide bonds. The Labute approximate surface area is 171 Å². The van der Waals surface area contributed by atoms with Crippen LogP contribution in [0.1, 0.15) is 31.4 Å². The quantitative estimate of drug-likeness (QED) is 0.690. The molecule has 0 aliphatic heterocycles. The van der Waals surface area contributed by atoms with Crippen molar-refractivity contribution in [3.63, 3.8) is 0 Å². The molecular formula is C22H27ClN2O3. The summed E-state index contributed by atoms with van der Waals surface area (Å²) in [4.78, 5) is 26.9. The summed E-state index contributed by atoms with van der Waals surface area (Å²) in [6.45, 7) is 6.49. The number of carbonyl (C=O) groups excluding carboxylic acids is 2. The fourth-order valence-electron chi connectivity index (χ4n) is 2.71. The van der Waals surface area contributed by atoms with E-state index in [9.17, 15) is 9.59 Å². The van der Waals surface area contributed by atoms with Crippen LogP contribution in [0.25, 0.3) is 0 Å². The third-order valence-corrected chi connectivity index (χ3v) is 4.75. The van der Waals surface area contributed by atoms with E-state index in [0.29, 0.717) is 23.9 Å². The van der Waals surface area contributed by atoms with Crippen LogP contribution in [0.4, 0.5) is 0 Å². The molecule has 0 bridgehead atoms. The van der Waals surface area contributed by atoms with E-state index in [1.54, 1.807) is 36.1 Å². The van der Waals surface area contributed by atoms with E-state index < -0.39 is 6.04 Å². The van der Waals surface area contributed by atoms with Crippen LogP contribution >= 0.6 is 11.6 Å². The maximum absolute atomic E-state index is 12.9.